The summed E-state index contributed by atoms with van der Waals surface area (Å²) >= 11 is 4.98. The number of nitrogen functional groups attached to an aromatic ring is 1. The molecular formula is C17H15N7O7S4. The number of hydrogen-bond acceptors (Lipinski definition) is 14. The number of nitrogens with zero attached hydrogens (tertiary/aromatic N) is 5. The van der Waals surface area contributed by atoms with Crippen molar-refractivity contribution in [2.45, 2.75) is 15.8 Å². The average molecular weight is 558 g/mol. The Kier molecular flexibility index (Phi) is 7.53. The van der Waals surface area contributed by atoms with Crippen LogP contribution in [0.3, 0.4) is 0 Å². The molecule has 35 heavy (non-hydrogen) atoms. The highest BCUT2D eigenvalue weighted by molar-refractivity contribution is 8.01. The van der Waals surface area contributed by atoms with Gasteiger partial charge in [0.2, 0.25) is 6.61 Å². The minimum atomic E-state index is -1.30. The molecule has 14 nitrogen and oxygen atoms in total. The van der Waals surface area contributed by atoms with Crippen molar-refractivity contribution in [3.05, 3.63) is 27.9 Å². The maximum Gasteiger partial charge on any atom is 0.352 e. The summed E-state index contributed by atoms with van der Waals surface area (Å²) < 4.78 is 0.675. The summed E-state index contributed by atoms with van der Waals surface area (Å²) in [6.07, 6.45) is 0. The van der Waals surface area contributed by atoms with Gasteiger partial charge in [-0.05, 0) is 5.57 Å². The molecule has 0 radical (unpaired) electrons. The molecule has 4 heterocycles. The van der Waals surface area contributed by atoms with Gasteiger partial charge in [-0.2, -0.15) is 0 Å². The number of carboxylic acids is 2. The van der Waals surface area contributed by atoms with Crippen LogP contribution in [-0.4, -0.2) is 89.3 Å². The van der Waals surface area contributed by atoms with Crippen molar-refractivity contribution >= 4 is 80.8 Å². The predicted octanol–water partition coefficient (Wildman–Crippen LogP) is -0.0870. The molecule has 0 aliphatic carbocycles. The fraction of sp³-hybridized carbons (Fsp3) is 0.294. The summed E-state index contributed by atoms with van der Waals surface area (Å²) in [7, 11) is 0. The maximum atomic E-state index is 12.9. The molecule has 184 valence electrons. The number of β-lactam (4-membered cyclic amide) rings is 1. The molecule has 5 N–H and O–H groups in total. The van der Waals surface area contributed by atoms with Crippen molar-refractivity contribution in [3.63, 3.8) is 0 Å². The Labute approximate surface area is 212 Å². The van der Waals surface area contributed by atoms with Crippen LogP contribution in [0.4, 0.5) is 5.13 Å². The van der Waals surface area contributed by atoms with Crippen molar-refractivity contribution < 1.29 is 34.2 Å². The van der Waals surface area contributed by atoms with E-state index in [9.17, 15) is 24.3 Å². The first-order chi connectivity index (χ1) is 16.8. The van der Waals surface area contributed by atoms with Gasteiger partial charge >= 0.3 is 11.9 Å². The molecule has 0 spiro atoms. The van der Waals surface area contributed by atoms with Gasteiger partial charge in [0.25, 0.3) is 11.8 Å². The molecule has 2 unspecified atom stereocenters. The third-order valence-corrected chi connectivity index (χ3v) is 8.53. The number of carbonyl (C=O) groups excluding carboxylic acids is 2. The van der Waals surface area contributed by atoms with Crippen LogP contribution in [0, 0.1) is 0 Å². The van der Waals surface area contributed by atoms with Crippen molar-refractivity contribution in [2.75, 3.05) is 23.8 Å². The van der Waals surface area contributed by atoms with Gasteiger partial charge in [0.15, 0.2) is 15.2 Å². The number of thiazole rings is 1. The summed E-state index contributed by atoms with van der Waals surface area (Å²) in [5.74, 6) is -3.35. The number of anilines is 1. The SMILES string of the molecule is Nc1nc(/C(=N\OCC(=O)O)C(=O)NC2C(=O)N3C(C(=O)O)=C(CSc4nncs4)CSC23)cs1. The van der Waals surface area contributed by atoms with E-state index in [0.717, 1.165) is 16.2 Å². The Morgan fingerprint density at radius 3 is 2.77 bits per heavy atom. The van der Waals surface area contributed by atoms with Gasteiger partial charge in [-0.3, -0.25) is 14.5 Å². The number of carboxylic acid groups (broad SMARTS) is 2. The number of aromatic nitrogens is 3. The number of hydrogen-bond donors (Lipinski definition) is 4. The molecular weight excluding hydrogens is 542 g/mol. The van der Waals surface area contributed by atoms with Crippen LogP contribution >= 0.6 is 46.2 Å². The number of nitrogens with one attached hydrogen (secondary N) is 1. The molecule has 2 aromatic rings. The monoisotopic (exact) mass is 557 g/mol. The zero-order valence-electron chi connectivity index (χ0n) is 17.3. The molecule has 2 amide bonds. The highest BCUT2D eigenvalue weighted by Gasteiger charge is 2.54. The Bertz CT molecular complexity index is 1230. The van der Waals surface area contributed by atoms with Gasteiger partial charge in [0.1, 0.15) is 28.3 Å². The van der Waals surface area contributed by atoms with Crippen molar-refractivity contribution in [2.24, 2.45) is 5.16 Å². The number of nitrogens with two attached hydrogens (primary N) is 1. The molecule has 1 saturated heterocycles. The second kappa shape index (κ2) is 10.6. The van der Waals surface area contributed by atoms with Crippen molar-refractivity contribution in [1.29, 1.82) is 0 Å². The quantitative estimate of drug-likeness (QED) is 0.130. The molecule has 2 aliphatic rings. The number of amides is 2. The van der Waals surface area contributed by atoms with Crippen LogP contribution in [0.1, 0.15) is 5.69 Å². The van der Waals surface area contributed by atoms with E-state index < -0.39 is 41.8 Å². The van der Waals surface area contributed by atoms with Crippen LogP contribution in [-0.2, 0) is 24.0 Å². The molecule has 1 fully saturated rings. The van der Waals surface area contributed by atoms with Crippen LogP contribution < -0.4 is 11.1 Å². The number of carbonyl (C=O) groups is 4. The van der Waals surface area contributed by atoms with Gasteiger partial charge in [-0.1, -0.05) is 28.3 Å². The van der Waals surface area contributed by atoms with Crippen molar-refractivity contribution in [1.82, 2.24) is 25.4 Å². The smallest absolute Gasteiger partial charge is 0.352 e. The first kappa shape index (κ1) is 24.9. The van der Waals surface area contributed by atoms with E-state index in [-0.39, 0.29) is 22.2 Å². The molecule has 2 aliphatic heterocycles. The zero-order valence-corrected chi connectivity index (χ0v) is 20.6. The van der Waals surface area contributed by atoms with Crippen LogP contribution in [0.25, 0.3) is 0 Å². The lowest BCUT2D eigenvalue weighted by molar-refractivity contribution is -0.150. The molecule has 2 atom stereocenters. The number of rotatable bonds is 10. The normalized spacial score (nSPS) is 19.7. The Morgan fingerprint density at radius 1 is 1.34 bits per heavy atom. The average Bonchev–Trinajstić information content (AvgIpc) is 3.49. The predicted molar refractivity (Wildman–Crippen MR) is 127 cm³/mol. The summed E-state index contributed by atoms with van der Waals surface area (Å²) in [6.45, 7) is -0.796. The summed E-state index contributed by atoms with van der Waals surface area (Å²) in [5.41, 5.74) is 7.28. The van der Waals surface area contributed by atoms with Gasteiger partial charge in [-0.25, -0.2) is 14.6 Å². The molecule has 2 aromatic heterocycles. The minimum Gasteiger partial charge on any atom is -0.479 e. The molecule has 0 bridgehead atoms. The summed E-state index contributed by atoms with van der Waals surface area (Å²) in [5, 5.41) is 33.2. The number of fused-ring (bicyclic) bond motifs is 1. The van der Waals surface area contributed by atoms with E-state index >= 15 is 0 Å². The number of aliphatic carboxylic acids is 2. The van der Waals surface area contributed by atoms with E-state index in [1.807, 2.05) is 0 Å². The first-order valence-electron chi connectivity index (χ1n) is 9.49. The molecule has 18 heteroatoms. The third-order valence-electron chi connectivity index (χ3n) is 4.57. The Balaban J connectivity index is 1.49. The molecule has 0 aromatic carbocycles. The first-order valence-corrected chi connectivity index (χ1v) is 13.3. The molecule has 0 saturated carbocycles. The fourth-order valence-corrected chi connectivity index (χ4v) is 6.65. The van der Waals surface area contributed by atoms with Crippen LogP contribution in [0.15, 0.2) is 31.7 Å². The Morgan fingerprint density at radius 2 is 2.14 bits per heavy atom. The lowest BCUT2D eigenvalue weighted by Gasteiger charge is -2.49. The van der Waals surface area contributed by atoms with Crippen LogP contribution in [0.5, 0.6) is 0 Å². The van der Waals surface area contributed by atoms with E-state index in [1.165, 1.54) is 40.2 Å². The van der Waals surface area contributed by atoms with E-state index in [1.54, 1.807) is 5.51 Å². The third kappa shape index (κ3) is 5.39. The standard InChI is InChI=1S/C17H15N7O7S4/c18-16-20-7(4-33-16)9(23-31-1-8(25)26)12(27)21-10-13(28)24-11(15(29)30)6(2-32-14(10)24)3-34-17-22-19-5-35-17/h4-5,10,14H,1-3H2,(H2,18,20)(H,21,27)(H,25,26)(H,29,30)/b23-9+. The van der Waals surface area contributed by atoms with E-state index in [2.05, 4.69) is 30.5 Å². The van der Waals surface area contributed by atoms with E-state index in [4.69, 9.17) is 10.8 Å². The highest BCUT2D eigenvalue weighted by Crippen LogP contribution is 2.41. The Hall–Kier alpha value is -3.22. The van der Waals surface area contributed by atoms with Crippen molar-refractivity contribution in [3.8, 4) is 0 Å². The van der Waals surface area contributed by atoms with Crippen LogP contribution in [0.2, 0.25) is 0 Å². The lowest BCUT2D eigenvalue weighted by Crippen LogP contribution is -2.71. The van der Waals surface area contributed by atoms with Gasteiger partial charge in [0, 0.05) is 16.9 Å². The molecule has 4 rings (SSSR count). The van der Waals surface area contributed by atoms with Gasteiger partial charge in [0.05, 0.1) is 0 Å². The number of oxime groups is 1. The second-order valence-electron chi connectivity index (χ2n) is 6.79. The largest absolute Gasteiger partial charge is 0.479 e. The number of thioether (sulfide) groups is 2. The minimum absolute atomic E-state index is 0.0393. The topological polar surface area (TPSA) is 210 Å². The maximum absolute atomic E-state index is 12.9. The van der Waals surface area contributed by atoms with Gasteiger partial charge in [-0.15, -0.1) is 33.3 Å². The second-order valence-corrected chi connectivity index (χ2v) is 10.8. The summed E-state index contributed by atoms with van der Waals surface area (Å²) in [6, 6.07) is -1.03. The zero-order chi connectivity index (χ0) is 25.1. The van der Waals surface area contributed by atoms with Gasteiger partial charge < -0.3 is 26.1 Å². The van der Waals surface area contributed by atoms with E-state index in [0.29, 0.717) is 21.4 Å². The highest BCUT2D eigenvalue weighted by atomic mass is 32.2. The fourth-order valence-electron chi connectivity index (χ4n) is 3.13. The lowest BCUT2D eigenvalue weighted by atomic mass is 10.0. The summed E-state index contributed by atoms with van der Waals surface area (Å²) in [4.78, 5) is 58.2.